The van der Waals surface area contributed by atoms with Gasteiger partial charge in [0.25, 0.3) is 0 Å². The van der Waals surface area contributed by atoms with E-state index in [0.29, 0.717) is 5.13 Å². The normalized spacial score (nSPS) is 12.3. The minimum Gasteiger partial charge on any atom is -0.333 e. The summed E-state index contributed by atoms with van der Waals surface area (Å²) in [5.41, 5.74) is 3.76. The van der Waals surface area contributed by atoms with Gasteiger partial charge in [0, 0.05) is 10.9 Å². The molecule has 0 bridgehead atoms. The van der Waals surface area contributed by atoms with Gasteiger partial charge in [-0.25, -0.2) is 9.97 Å². The van der Waals surface area contributed by atoms with Crippen molar-refractivity contribution in [3.63, 3.8) is 0 Å². The Labute approximate surface area is 181 Å². The number of anilines is 1. The van der Waals surface area contributed by atoms with E-state index in [0.717, 1.165) is 27.4 Å². The van der Waals surface area contributed by atoms with Gasteiger partial charge in [-0.05, 0) is 35.9 Å². The van der Waals surface area contributed by atoms with Crippen LogP contribution >= 0.6 is 23.1 Å². The summed E-state index contributed by atoms with van der Waals surface area (Å²) < 4.78 is 0. The second-order valence-corrected chi connectivity index (χ2v) is 9.10. The summed E-state index contributed by atoms with van der Waals surface area (Å²) in [6.07, 6.45) is 0. The zero-order chi connectivity index (χ0) is 20.5. The van der Waals surface area contributed by atoms with Gasteiger partial charge < -0.3 is 10.3 Å². The molecule has 5 aromatic rings. The van der Waals surface area contributed by atoms with Crippen LogP contribution in [0.2, 0.25) is 0 Å². The molecule has 30 heavy (non-hydrogen) atoms. The van der Waals surface area contributed by atoms with Crippen LogP contribution in [0.5, 0.6) is 0 Å². The molecule has 0 fully saturated rings. The number of aromatic nitrogens is 3. The van der Waals surface area contributed by atoms with Crippen molar-refractivity contribution in [3.05, 3.63) is 72.1 Å². The number of nitrogens with zero attached hydrogens (tertiary/aromatic N) is 2. The number of hydrogen-bond donors (Lipinski definition) is 2. The third-order valence-electron chi connectivity index (χ3n) is 4.80. The van der Waals surface area contributed by atoms with Gasteiger partial charge in [-0.3, -0.25) is 4.79 Å². The van der Waals surface area contributed by atoms with Crippen molar-refractivity contribution in [2.45, 2.75) is 17.3 Å². The van der Waals surface area contributed by atoms with Gasteiger partial charge in [0.15, 0.2) is 10.3 Å². The Balaban J connectivity index is 1.28. The monoisotopic (exact) mass is 430 g/mol. The molecule has 0 aliphatic rings. The average Bonchev–Trinajstić information content (AvgIpc) is 3.39. The number of imidazole rings is 1. The summed E-state index contributed by atoms with van der Waals surface area (Å²) in [5.74, 6) is -0.0973. The first-order valence-corrected chi connectivity index (χ1v) is 11.3. The predicted octanol–water partition coefficient (Wildman–Crippen LogP) is 5.96. The van der Waals surface area contributed by atoms with Crippen LogP contribution in [-0.4, -0.2) is 26.1 Å². The Morgan fingerprint density at radius 2 is 1.83 bits per heavy atom. The molecular weight excluding hydrogens is 412 g/mol. The second-order valence-electron chi connectivity index (χ2n) is 6.91. The van der Waals surface area contributed by atoms with Crippen LogP contribution in [0.4, 0.5) is 5.13 Å². The molecule has 0 aliphatic heterocycles. The van der Waals surface area contributed by atoms with E-state index < -0.39 is 0 Å². The summed E-state index contributed by atoms with van der Waals surface area (Å²) in [6.45, 7) is 1.87. The first-order chi connectivity index (χ1) is 14.7. The Bertz CT molecular complexity index is 1320. The summed E-state index contributed by atoms with van der Waals surface area (Å²) in [4.78, 5) is 25.0. The van der Waals surface area contributed by atoms with Crippen LogP contribution in [0.25, 0.3) is 33.1 Å². The van der Waals surface area contributed by atoms with Gasteiger partial charge in [-0.1, -0.05) is 60.3 Å². The fourth-order valence-electron chi connectivity index (χ4n) is 3.23. The molecule has 0 saturated heterocycles. The lowest BCUT2D eigenvalue weighted by molar-refractivity contribution is -0.115. The minimum absolute atomic E-state index is 0.0973. The summed E-state index contributed by atoms with van der Waals surface area (Å²) in [6, 6.07) is 22.3. The standard InChI is InChI=1S/C23H18N4OS2/c1-14(30-23-24-18-8-4-5-9-19(18)25-23)21(28)27-22-26-20(13-29-22)17-11-10-15-6-2-3-7-16(15)12-17/h2-14H,1H3,(H,24,25)(H,26,27,28). The van der Waals surface area contributed by atoms with Crippen LogP contribution in [0.1, 0.15) is 6.92 Å². The van der Waals surface area contributed by atoms with Crippen LogP contribution < -0.4 is 5.32 Å². The molecule has 2 aromatic heterocycles. The number of benzene rings is 3. The van der Waals surface area contributed by atoms with E-state index >= 15 is 0 Å². The summed E-state index contributed by atoms with van der Waals surface area (Å²) in [7, 11) is 0. The molecule has 5 rings (SSSR count). The molecule has 1 atom stereocenters. The van der Waals surface area contributed by atoms with Crippen LogP contribution in [0.15, 0.2) is 77.3 Å². The van der Waals surface area contributed by atoms with Crippen molar-refractivity contribution in [1.29, 1.82) is 0 Å². The van der Waals surface area contributed by atoms with Crippen molar-refractivity contribution in [2.75, 3.05) is 5.32 Å². The lowest BCUT2D eigenvalue weighted by Crippen LogP contribution is -2.22. The van der Waals surface area contributed by atoms with Crippen molar-refractivity contribution < 1.29 is 4.79 Å². The van der Waals surface area contributed by atoms with E-state index in [1.54, 1.807) is 0 Å². The number of carbonyl (C=O) groups is 1. The van der Waals surface area contributed by atoms with Crippen LogP contribution in [-0.2, 0) is 4.79 Å². The highest BCUT2D eigenvalue weighted by Crippen LogP contribution is 2.29. The number of fused-ring (bicyclic) bond motifs is 2. The number of H-pyrrole nitrogens is 1. The first kappa shape index (κ1) is 18.8. The highest BCUT2D eigenvalue weighted by atomic mass is 32.2. The number of para-hydroxylation sites is 2. The van der Waals surface area contributed by atoms with E-state index in [1.165, 1.54) is 33.9 Å². The van der Waals surface area contributed by atoms with Gasteiger partial charge >= 0.3 is 0 Å². The molecular formula is C23H18N4OS2. The van der Waals surface area contributed by atoms with Gasteiger partial charge in [-0.2, -0.15) is 0 Å². The molecule has 0 radical (unpaired) electrons. The highest BCUT2D eigenvalue weighted by Gasteiger charge is 2.18. The fourth-order valence-corrected chi connectivity index (χ4v) is 4.77. The number of thioether (sulfide) groups is 1. The number of amides is 1. The Kier molecular flexibility index (Phi) is 4.98. The second kappa shape index (κ2) is 7.93. The SMILES string of the molecule is CC(Sc1nc2ccccc2[nH]1)C(=O)Nc1nc(-c2ccc3ccccc3c2)cs1. The van der Waals surface area contributed by atoms with Gasteiger partial charge in [0.1, 0.15) is 0 Å². The number of nitrogens with one attached hydrogen (secondary N) is 2. The zero-order valence-electron chi connectivity index (χ0n) is 16.1. The molecule has 148 valence electrons. The quantitative estimate of drug-likeness (QED) is 0.338. The number of carbonyl (C=O) groups excluding carboxylic acids is 1. The predicted molar refractivity (Wildman–Crippen MR) is 125 cm³/mol. The molecule has 2 heterocycles. The topological polar surface area (TPSA) is 70.7 Å². The molecule has 2 N–H and O–H groups in total. The summed E-state index contributed by atoms with van der Waals surface area (Å²) >= 11 is 2.83. The van der Waals surface area contributed by atoms with E-state index in [1.807, 2.05) is 48.7 Å². The molecule has 7 heteroatoms. The van der Waals surface area contributed by atoms with Crippen molar-refractivity contribution in [3.8, 4) is 11.3 Å². The van der Waals surface area contributed by atoms with Crippen molar-refractivity contribution in [1.82, 2.24) is 15.0 Å². The molecule has 3 aromatic carbocycles. The van der Waals surface area contributed by atoms with E-state index in [-0.39, 0.29) is 11.2 Å². The van der Waals surface area contributed by atoms with Crippen LogP contribution in [0, 0.1) is 0 Å². The molecule has 5 nitrogen and oxygen atoms in total. The number of aromatic amines is 1. The fraction of sp³-hybridized carbons (Fsp3) is 0.0870. The lowest BCUT2D eigenvalue weighted by Gasteiger charge is -2.08. The lowest BCUT2D eigenvalue weighted by atomic mass is 10.1. The molecule has 0 saturated carbocycles. The maximum absolute atomic E-state index is 12.6. The highest BCUT2D eigenvalue weighted by molar-refractivity contribution is 8.00. The molecule has 0 aliphatic carbocycles. The Morgan fingerprint density at radius 3 is 2.70 bits per heavy atom. The maximum atomic E-state index is 12.6. The smallest absolute Gasteiger partial charge is 0.239 e. The summed E-state index contributed by atoms with van der Waals surface area (Å²) in [5, 5.41) is 8.29. The Hall–Kier alpha value is -3.16. The van der Waals surface area contributed by atoms with Crippen LogP contribution in [0.3, 0.4) is 0 Å². The number of hydrogen-bond acceptors (Lipinski definition) is 5. The number of thiazole rings is 1. The largest absolute Gasteiger partial charge is 0.333 e. The Morgan fingerprint density at radius 1 is 1.03 bits per heavy atom. The van der Waals surface area contributed by atoms with Gasteiger partial charge in [0.05, 0.1) is 22.0 Å². The molecule has 1 amide bonds. The van der Waals surface area contributed by atoms with E-state index in [2.05, 4.69) is 50.6 Å². The molecule has 1 unspecified atom stereocenters. The minimum atomic E-state index is -0.307. The zero-order valence-corrected chi connectivity index (χ0v) is 17.8. The number of rotatable bonds is 5. The van der Waals surface area contributed by atoms with Crippen molar-refractivity contribution >= 4 is 55.9 Å². The average molecular weight is 431 g/mol. The maximum Gasteiger partial charge on any atom is 0.239 e. The molecule has 0 spiro atoms. The van der Waals surface area contributed by atoms with Gasteiger partial charge in [-0.15, -0.1) is 11.3 Å². The van der Waals surface area contributed by atoms with E-state index in [9.17, 15) is 4.79 Å². The van der Waals surface area contributed by atoms with E-state index in [4.69, 9.17) is 0 Å². The third kappa shape index (κ3) is 3.81. The van der Waals surface area contributed by atoms with Gasteiger partial charge in [0.2, 0.25) is 5.91 Å². The third-order valence-corrected chi connectivity index (χ3v) is 6.55. The first-order valence-electron chi connectivity index (χ1n) is 9.53. The van der Waals surface area contributed by atoms with Crippen molar-refractivity contribution in [2.24, 2.45) is 0 Å².